The number of hydrogen-bond acceptors (Lipinski definition) is 5. The van der Waals surface area contributed by atoms with Crippen LogP contribution in [0, 0.1) is 0 Å². The second-order valence-electron chi connectivity index (χ2n) is 7.38. The summed E-state index contributed by atoms with van der Waals surface area (Å²) in [6.45, 7) is 0.847. The number of methoxy groups -OCH3 is 1. The van der Waals surface area contributed by atoms with Crippen LogP contribution in [0.25, 0.3) is 6.08 Å². The van der Waals surface area contributed by atoms with E-state index in [1.54, 1.807) is 43.5 Å². The molecule has 1 N–H and O–H groups in total. The van der Waals surface area contributed by atoms with Gasteiger partial charge in [-0.2, -0.15) is 0 Å². The number of nitrogens with zero attached hydrogens (tertiary/aromatic N) is 1. The van der Waals surface area contributed by atoms with Crippen LogP contribution in [0.3, 0.4) is 0 Å². The van der Waals surface area contributed by atoms with Crippen LogP contribution >= 0.6 is 0 Å². The highest BCUT2D eigenvalue weighted by atomic mass is 16.5. The predicted molar refractivity (Wildman–Crippen MR) is 119 cm³/mol. The third-order valence-corrected chi connectivity index (χ3v) is 5.24. The summed E-state index contributed by atoms with van der Waals surface area (Å²) in [6, 6.07) is 16.3. The van der Waals surface area contributed by atoms with Gasteiger partial charge in [0.15, 0.2) is 0 Å². The maximum absolute atomic E-state index is 13.4. The fourth-order valence-corrected chi connectivity index (χ4v) is 3.51. The van der Waals surface area contributed by atoms with Crippen LogP contribution in [0.1, 0.15) is 27.2 Å². The Morgan fingerprint density at radius 3 is 2.59 bits per heavy atom. The van der Waals surface area contributed by atoms with E-state index >= 15 is 0 Å². The van der Waals surface area contributed by atoms with Gasteiger partial charge in [-0.05, 0) is 48.0 Å². The molecule has 0 fully saturated rings. The molecule has 7 heteroatoms. The number of amides is 2. The predicted octanol–water partition coefficient (Wildman–Crippen LogP) is 3.65. The lowest BCUT2D eigenvalue weighted by Crippen LogP contribution is -2.33. The minimum Gasteiger partial charge on any atom is -0.497 e. The molecule has 164 valence electrons. The number of hydrogen-bond donors (Lipinski definition) is 1. The number of benzene rings is 2. The SMILES string of the molecule is CNC(=O)c1ccc(CN(Cc2ccco2)C(=O)C2=Cc3ccc(OC)cc3OC2)cc1. The molecular weight excluding hydrogens is 408 g/mol. The Morgan fingerprint density at radius 1 is 1.09 bits per heavy atom. The van der Waals surface area contributed by atoms with E-state index < -0.39 is 0 Å². The number of carbonyl (C=O) groups is 2. The zero-order chi connectivity index (χ0) is 22.5. The molecule has 0 bridgehead atoms. The molecule has 0 saturated carbocycles. The van der Waals surface area contributed by atoms with E-state index in [1.165, 1.54) is 0 Å². The van der Waals surface area contributed by atoms with Crippen molar-refractivity contribution >= 4 is 17.9 Å². The van der Waals surface area contributed by atoms with E-state index in [1.807, 2.05) is 42.5 Å². The first kappa shape index (κ1) is 21.2. The summed E-state index contributed by atoms with van der Waals surface area (Å²) in [5, 5.41) is 2.60. The molecule has 32 heavy (non-hydrogen) atoms. The molecule has 2 heterocycles. The second kappa shape index (κ2) is 9.43. The van der Waals surface area contributed by atoms with Gasteiger partial charge in [-0.1, -0.05) is 12.1 Å². The van der Waals surface area contributed by atoms with Crippen molar-refractivity contribution in [1.29, 1.82) is 0 Å². The van der Waals surface area contributed by atoms with E-state index in [0.717, 1.165) is 11.1 Å². The highest BCUT2D eigenvalue weighted by Gasteiger charge is 2.24. The Hall–Kier alpha value is -4.00. The molecule has 0 unspecified atom stereocenters. The third-order valence-electron chi connectivity index (χ3n) is 5.24. The summed E-state index contributed by atoms with van der Waals surface area (Å²) in [5.41, 5.74) is 2.85. The van der Waals surface area contributed by atoms with Crippen LogP contribution in [-0.2, 0) is 17.9 Å². The van der Waals surface area contributed by atoms with E-state index in [9.17, 15) is 9.59 Å². The van der Waals surface area contributed by atoms with Gasteiger partial charge in [-0.25, -0.2) is 0 Å². The first-order valence-corrected chi connectivity index (χ1v) is 10.2. The summed E-state index contributed by atoms with van der Waals surface area (Å²) < 4.78 is 16.5. The number of nitrogens with one attached hydrogen (secondary N) is 1. The van der Waals surface area contributed by atoms with Gasteiger partial charge < -0.3 is 24.1 Å². The summed E-state index contributed by atoms with van der Waals surface area (Å²) in [7, 11) is 3.19. The van der Waals surface area contributed by atoms with Crippen molar-refractivity contribution in [2.24, 2.45) is 0 Å². The Kier molecular flexibility index (Phi) is 6.26. The van der Waals surface area contributed by atoms with E-state index in [2.05, 4.69) is 5.32 Å². The molecule has 0 saturated heterocycles. The van der Waals surface area contributed by atoms with Crippen LogP contribution in [0.2, 0.25) is 0 Å². The van der Waals surface area contributed by atoms with Gasteiger partial charge in [0, 0.05) is 30.8 Å². The lowest BCUT2D eigenvalue weighted by molar-refractivity contribution is -0.128. The quantitative estimate of drug-likeness (QED) is 0.616. The van der Waals surface area contributed by atoms with Gasteiger partial charge in [0.25, 0.3) is 11.8 Å². The van der Waals surface area contributed by atoms with Crippen LogP contribution < -0.4 is 14.8 Å². The molecule has 1 aliphatic rings. The summed E-state index contributed by atoms with van der Waals surface area (Å²) in [6.07, 6.45) is 3.44. The largest absolute Gasteiger partial charge is 0.497 e. The first-order chi connectivity index (χ1) is 15.6. The first-order valence-electron chi connectivity index (χ1n) is 10.2. The Balaban J connectivity index is 1.57. The molecule has 2 aromatic carbocycles. The minimum absolute atomic E-state index is 0.141. The molecule has 0 aliphatic carbocycles. The molecule has 1 aromatic heterocycles. The number of ether oxygens (including phenoxy) is 2. The number of fused-ring (bicyclic) bond motifs is 1. The highest BCUT2D eigenvalue weighted by molar-refractivity contribution is 5.99. The molecule has 3 aromatic rings. The number of furan rings is 1. The highest BCUT2D eigenvalue weighted by Crippen LogP contribution is 2.31. The zero-order valence-electron chi connectivity index (χ0n) is 18.0. The van der Waals surface area contributed by atoms with Gasteiger partial charge in [-0.3, -0.25) is 9.59 Å². The third kappa shape index (κ3) is 4.67. The minimum atomic E-state index is -0.153. The van der Waals surface area contributed by atoms with Crippen molar-refractivity contribution in [2.75, 3.05) is 20.8 Å². The Bertz CT molecular complexity index is 1130. The van der Waals surface area contributed by atoms with Crippen molar-refractivity contribution < 1.29 is 23.5 Å². The van der Waals surface area contributed by atoms with Gasteiger partial charge >= 0.3 is 0 Å². The normalized spacial score (nSPS) is 12.2. The van der Waals surface area contributed by atoms with Crippen LogP contribution in [0.15, 0.2) is 70.9 Å². The molecule has 1 aliphatic heterocycles. The average Bonchev–Trinajstić information content (AvgIpc) is 3.35. The molecule has 0 atom stereocenters. The molecule has 4 rings (SSSR count). The Morgan fingerprint density at radius 2 is 1.91 bits per heavy atom. The Labute approximate surface area is 186 Å². The van der Waals surface area contributed by atoms with Gasteiger partial charge in [0.2, 0.25) is 0 Å². The van der Waals surface area contributed by atoms with Crippen molar-refractivity contribution in [3.8, 4) is 11.5 Å². The van der Waals surface area contributed by atoms with Crippen LogP contribution in [0.5, 0.6) is 11.5 Å². The summed E-state index contributed by atoms with van der Waals surface area (Å²) in [5.74, 6) is 1.77. The maximum Gasteiger partial charge on any atom is 0.253 e. The molecule has 0 radical (unpaired) electrons. The zero-order valence-corrected chi connectivity index (χ0v) is 18.0. The number of rotatable bonds is 7. The van der Waals surface area contributed by atoms with Crippen LogP contribution in [-0.4, -0.2) is 37.5 Å². The standard InChI is InChI=1S/C25H24N2O5/c1-26-24(28)18-7-5-17(6-8-18)14-27(15-22-4-3-11-31-22)25(29)20-12-19-9-10-21(30-2)13-23(19)32-16-20/h3-13H,14-16H2,1-2H3,(H,26,28). The summed E-state index contributed by atoms with van der Waals surface area (Å²) >= 11 is 0. The number of carbonyl (C=O) groups excluding carboxylic acids is 2. The van der Waals surface area contributed by atoms with Crippen molar-refractivity contribution in [3.63, 3.8) is 0 Å². The average molecular weight is 432 g/mol. The topological polar surface area (TPSA) is 81.0 Å². The fraction of sp³-hybridized carbons (Fsp3) is 0.200. The van der Waals surface area contributed by atoms with E-state index in [-0.39, 0.29) is 18.4 Å². The smallest absolute Gasteiger partial charge is 0.253 e. The van der Waals surface area contributed by atoms with E-state index in [0.29, 0.717) is 41.5 Å². The summed E-state index contributed by atoms with van der Waals surface area (Å²) in [4.78, 5) is 26.9. The molecule has 2 amide bonds. The molecule has 7 nitrogen and oxygen atoms in total. The maximum atomic E-state index is 13.4. The lowest BCUT2D eigenvalue weighted by atomic mass is 10.1. The van der Waals surface area contributed by atoms with Crippen molar-refractivity contribution in [3.05, 3.63) is 88.9 Å². The van der Waals surface area contributed by atoms with Gasteiger partial charge in [-0.15, -0.1) is 0 Å². The van der Waals surface area contributed by atoms with Gasteiger partial charge in [0.1, 0.15) is 23.9 Å². The van der Waals surface area contributed by atoms with Crippen molar-refractivity contribution in [1.82, 2.24) is 10.2 Å². The van der Waals surface area contributed by atoms with Crippen molar-refractivity contribution in [2.45, 2.75) is 13.1 Å². The molecule has 0 spiro atoms. The molecular formula is C25H24N2O5. The van der Waals surface area contributed by atoms with Crippen LogP contribution in [0.4, 0.5) is 0 Å². The van der Waals surface area contributed by atoms with E-state index in [4.69, 9.17) is 13.9 Å². The lowest BCUT2D eigenvalue weighted by Gasteiger charge is -2.25. The van der Waals surface area contributed by atoms with Gasteiger partial charge in [0.05, 0.1) is 25.5 Å². The fourth-order valence-electron chi connectivity index (χ4n) is 3.51. The second-order valence-corrected chi connectivity index (χ2v) is 7.38. The monoisotopic (exact) mass is 432 g/mol.